The van der Waals surface area contributed by atoms with E-state index in [2.05, 4.69) is 22.9 Å². The molecule has 2 nitrogen and oxygen atoms in total. The summed E-state index contributed by atoms with van der Waals surface area (Å²) in [5.74, 6) is -0.597. The predicted molar refractivity (Wildman–Crippen MR) is 70.9 cm³/mol. The zero-order valence-corrected chi connectivity index (χ0v) is 11.8. The summed E-state index contributed by atoms with van der Waals surface area (Å²) in [6.07, 6.45) is 2.84. The van der Waals surface area contributed by atoms with Crippen LogP contribution in [0.2, 0.25) is 0 Å². The Labute approximate surface area is 114 Å². The Hall–Kier alpha value is -0.900. The molecule has 0 amide bonds. The number of hydrogen-bond acceptors (Lipinski definition) is 1. The number of carboxylic acids is 1. The highest BCUT2D eigenvalue weighted by atomic mass is 79.9. The van der Waals surface area contributed by atoms with E-state index < -0.39 is 11.4 Å². The van der Waals surface area contributed by atoms with Crippen molar-refractivity contribution in [1.29, 1.82) is 0 Å². The largest absolute Gasteiger partial charge is 0.481 e. The summed E-state index contributed by atoms with van der Waals surface area (Å²) in [7, 11) is 0. The van der Waals surface area contributed by atoms with E-state index in [-0.39, 0.29) is 5.82 Å². The van der Waals surface area contributed by atoms with Crippen molar-refractivity contribution in [1.82, 2.24) is 0 Å². The quantitative estimate of drug-likeness (QED) is 0.914. The third kappa shape index (κ3) is 2.58. The molecule has 0 radical (unpaired) electrons. The molecule has 4 heteroatoms. The lowest BCUT2D eigenvalue weighted by molar-refractivity contribution is -0.148. The van der Waals surface area contributed by atoms with Crippen molar-refractivity contribution in [3.63, 3.8) is 0 Å². The van der Waals surface area contributed by atoms with Crippen molar-refractivity contribution in [2.24, 2.45) is 11.3 Å². The minimum absolute atomic E-state index is 0.317. The number of carbonyl (C=O) groups is 1. The van der Waals surface area contributed by atoms with Crippen molar-refractivity contribution in [3.05, 3.63) is 34.1 Å². The Morgan fingerprint density at radius 2 is 2.33 bits per heavy atom. The second-order valence-corrected chi connectivity index (χ2v) is 6.21. The van der Waals surface area contributed by atoms with Gasteiger partial charge in [-0.15, -0.1) is 0 Å². The summed E-state index contributed by atoms with van der Waals surface area (Å²) in [5, 5.41) is 9.48. The summed E-state index contributed by atoms with van der Waals surface area (Å²) in [4.78, 5) is 11.5. The Kier molecular flexibility index (Phi) is 3.76. The molecular weight excluding hydrogens is 299 g/mol. The van der Waals surface area contributed by atoms with Crippen LogP contribution < -0.4 is 0 Å². The van der Waals surface area contributed by atoms with Crippen molar-refractivity contribution in [2.45, 2.75) is 32.6 Å². The van der Waals surface area contributed by atoms with Crippen LogP contribution in [0, 0.1) is 17.2 Å². The molecule has 1 fully saturated rings. The van der Waals surface area contributed by atoms with E-state index in [4.69, 9.17) is 0 Å². The highest BCUT2D eigenvalue weighted by Gasteiger charge is 2.44. The molecule has 1 aliphatic rings. The molecule has 2 atom stereocenters. The van der Waals surface area contributed by atoms with Crippen LogP contribution in [0.4, 0.5) is 4.39 Å². The highest BCUT2D eigenvalue weighted by Crippen LogP contribution is 2.44. The summed E-state index contributed by atoms with van der Waals surface area (Å²) in [5.41, 5.74) is 0.205. The summed E-state index contributed by atoms with van der Waals surface area (Å²) in [6, 6.07) is 4.74. The topological polar surface area (TPSA) is 37.3 Å². The minimum Gasteiger partial charge on any atom is -0.481 e. The van der Waals surface area contributed by atoms with Crippen molar-refractivity contribution in [3.8, 4) is 0 Å². The van der Waals surface area contributed by atoms with Gasteiger partial charge in [-0.05, 0) is 65.2 Å². The molecular formula is C14H16BrFO2. The van der Waals surface area contributed by atoms with E-state index in [1.807, 2.05) is 0 Å². The van der Waals surface area contributed by atoms with Gasteiger partial charge in [-0.25, -0.2) is 4.39 Å². The van der Waals surface area contributed by atoms with E-state index in [0.717, 1.165) is 12.0 Å². The summed E-state index contributed by atoms with van der Waals surface area (Å²) < 4.78 is 13.6. The van der Waals surface area contributed by atoms with Gasteiger partial charge in [0.1, 0.15) is 5.82 Å². The van der Waals surface area contributed by atoms with E-state index >= 15 is 0 Å². The van der Waals surface area contributed by atoms with Crippen LogP contribution >= 0.6 is 15.9 Å². The van der Waals surface area contributed by atoms with Crippen LogP contribution in [0.3, 0.4) is 0 Å². The third-order valence-electron chi connectivity index (χ3n) is 3.84. The van der Waals surface area contributed by atoms with Gasteiger partial charge in [-0.3, -0.25) is 4.79 Å². The van der Waals surface area contributed by atoms with Gasteiger partial charge in [0.2, 0.25) is 0 Å². The molecule has 2 rings (SSSR count). The van der Waals surface area contributed by atoms with Gasteiger partial charge in [-0.2, -0.15) is 0 Å². The number of halogens is 2. The molecule has 0 bridgehead atoms. The van der Waals surface area contributed by atoms with Crippen molar-refractivity contribution >= 4 is 21.9 Å². The van der Waals surface area contributed by atoms with Gasteiger partial charge >= 0.3 is 5.97 Å². The molecule has 0 aliphatic heterocycles. The van der Waals surface area contributed by atoms with Crippen LogP contribution in [-0.2, 0) is 11.2 Å². The van der Waals surface area contributed by atoms with Crippen molar-refractivity contribution < 1.29 is 14.3 Å². The normalized spacial score (nSPS) is 27.4. The smallest absolute Gasteiger partial charge is 0.309 e. The first-order chi connectivity index (χ1) is 8.43. The Bertz CT molecular complexity index is 475. The first-order valence-electron chi connectivity index (χ1n) is 6.10. The molecule has 0 aromatic heterocycles. The summed E-state index contributed by atoms with van der Waals surface area (Å²) in [6.45, 7) is 2.09. The first-order valence-corrected chi connectivity index (χ1v) is 6.89. The van der Waals surface area contributed by atoms with E-state index in [9.17, 15) is 14.3 Å². The number of aliphatic carboxylic acids is 1. The second-order valence-electron chi connectivity index (χ2n) is 5.36. The minimum atomic E-state index is -0.729. The van der Waals surface area contributed by atoms with Crippen LogP contribution in [0.25, 0.3) is 0 Å². The molecule has 18 heavy (non-hydrogen) atoms. The number of rotatable bonds is 3. The molecule has 0 saturated heterocycles. The lowest BCUT2D eigenvalue weighted by Gasteiger charge is -2.24. The maximum Gasteiger partial charge on any atom is 0.309 e. The SMILES string of the molecule is CC1CCC(Cc2ccc(F)c(Br)c2)(C(=O)O)C1. The summed E-state index contributed by atoms with van der Waals surface area (Å²) >= 11 is 3.14. The Morgan fingerprint density at radius 3 is 2.83 bits per heavy atom. The molecule has 0 heterocycles. The molecule has 1 saturated carbocycles. The van der Waals surface area contributed by atoms with Gasteiger partial charge in [0, 0.05) is 0 Å². The first kappa shape index (κ1) is 13.5. The van der Waals surface area contributed by atoms with Gasteiger partial charge in [0.15, 0.2) is 0 Å². The zero-order valence-electron chi connectivity index (χ0n) is 10.2. The highest BCUT2D eigenvalue weighted by molar-refractivity contribution is 9.10. The van der Waals surface area contributed by atoms with Crippen molar-refractivity contribution in [2.75, 3.05) is 0 Å². The second kappa shape index (κ2) is 5.00. The number of carboxylic acid groups (broad SMARTS) is 1. The van der Waals surface area contributed by atoms with Gasteiger partial charge in [-0.1, -0.05) is 13.0 Å². The fourth-order valence-corrected chi connectivity index (χ4v) is 3.29. The zero-order chi connectivity index (χ0) is 13.3. The average molecular weight is 315 g/mol. The molecule has 1 N–H and O–H groups in total. The van der Waals surface area contributed by atoms with Crippen LogP contribution in [0.5, 0.6) is 0 Å². The molecule has 1 aromatic rings. The third-order valence-corrected chi connectivity index (χ3v) is 4.44. The molecule has 2 unspecified atom stereocenters. The number of hydrogen-bond donors (Lipinski definition) is 1. The monoisotopic (exact) mass is 314 g/mol. The molecule has 0 spiro atoms. The lowest BCUT2D eigenvalue weighted by atomic mass is 9.79. The average Bonchev–Trinajstić information content (AvgIpc) is 2.67. The van der Waals surface area contributed by atoms with E-state index in [1.54, 1.807) is 12.1 Å². The Morgan fingerprint density at radius 1 is 1.61 bits per heavy atom. The Balaban J connectivity index is 2.24. The van der Waals surface area contributed by atoms with E-state index in [1.165, 1.54) is 6.07 Å². The maximum atomic E-state index is 13.2. The standard InChI is InChI=1S/C14H16BrFO2/c1-9-4-5-14(7-9,13(17)18)8-10-2-3-12(16)11(15)6-10/h2-3,6,9H,4-5,7-8H2,1H3,(H,17,18). The van der Waals surface area contributed by atoms with Crippen LogP contribution in [-0.4, -0.2) is 11.1 Å². The van der Waals surface area contributed by atoms with Gasteiger partial charge in [0.05, 0.1) is 9.89 Å². The fraction of sp³-hybridized carbons (Fsp3) is 0.500. The van der Waals surface area contributed by atoms with E-state index in [0.29, 0.717) is 29.7 Å². The van der Waals surface area contributed by atoms with Gasteiger partial charge < -0.3 is 5.11 Å². The molecule has 1 aliphatic carbocycles. The van der Waals surface area contributed by atoms with Crippen LogP contribution in [0.15, 0.2) is 22.7 Å². The molecule has 98 valence electrons. The predicted octanol–water partition coefficient (Wildman–Crippen LogP) is 4.02. The maximum absolute atomic E-state index is 13.2. The molecule has 1 aromatic carbocycles. The van der Waals surface area contributed by atoms with Gasteiger partial charge in [0.25, 0.3) is 0 Å². The van der Waals surface area contributed by atoms with Crippen LogP contribution in [0.1, 0.15) is 31.7 Å². The lowest BCUT2D eigenvalue weighted by Crippen LogP contribution is -2.30. The number of benzene rings is 1. The fourth-order valence-electron chi connectivity index (χ4n) is 2.86.